The minimum absolute atomic E-state index is 0.0218. The third-order valence-electron chi connectivity index (χ3n) is 1.96. The fourth-order valence-corrected chi connectivity index (χ4v) is 1.23. The average Bonchev–Trinajstić information content (AvgIpc) is 2.28. The normalized spacial score (nSPS) is 9.94. The predicted molar refractivity (Wildman–Crippen MR) is 61.3 cm³/mol. The van der Waals surface area contributed by atoms with Crippen molar-refractivity contribution in [2.75, 3.05) is 13.2 Å². The van der Waals surface area contributed by atoms with Gasteiger partial charge >= 0.3 is 0 Å². The van der Waals surface area contributed by atoms with Crippen LogP contribution in [0.25, 0.3) is 0 Å². The molecule has 0 unspecified atom stereocenters. The highest BCUT2D eigenvalue weighted by Gasteiger charge is 2.06. The number of hydrogen-bond donors (Lipinski definition) is 1. The molecular weight excluding hydrogens is 226 g/mol. The lowest BCUT2D eigenvalue weighted by Crippen LogP contribution is -2.07. The second-order valence-electron chi connectivity index (χ2n) is 3.48. The van der Waals surface area contributed by atoms with Gasteiger partial charge < -0.3 is 9.84 Å². The van der Waals surface area contributed by atoms with Gasteiger partial charge in [0, 0.05) is 6.42 Å². The smallest absolute Gasteiger partial charge is 0.272 e. The first-order chi connectivity index (χ1) is 8.13. The van der Waals surface area contributed by atoms with E-state index >= 15 is 0 Å². The van der Waals surface area contributed by atoms with Crippen LogP contribution in [0.15, 0.2) is 18.2 Å². The zero-order chi connectivity index (χ0) is 12.7. The summed E-state index contributed by atoms with van der Waals surface area (Å²) in [6, 6.07) is 5.17. The zero-order valence-electron chi connectivity index (χ0n) is 9.54. The van der Waals surface area contributed by atoms with Gasteiger partial charge in [0.2, 0.25) is 0 Å². The van der Waals surface area contributed by atoms with Crippen LogP contribution in [0.2, 0.25) is 0 Å². The van der Waals surface area contributed by atoms with E-state index in [1.165, 1.54) is 0 Å². The fraction of sp³-hybridized carbons (Fsp3) is 0.385. The molecule has 4 heteroatoms. The number of halogens is 2. The number of hydrogen-bond acceptors (Lipinski definition) is 2. The summed E-state index contributed by atoms with van der Waals surface area (Å²) < 4.78 is 29.1. The Balaban J connectivity index is 2.85. The van der Waals surface area contributed by atoms with Crippen LogP contribution >= 0.6 is 0 Å². The Hall–Kier alpha value is -1.60. The summed E-state index contributed by atoms with van der Waals surface area (Å²) in [5.41, 5.74) is 1.54. The molecule has 0 bridgehead atoms. The van der Waals surface area contributed by atoms with Crippen LogP contribution in [0, 0.1) is 18.8 Å². The first-order valence-corrected chi connectivity index (χ1v) is 5.25. The second-order valence-corrected chi connectivity index (χ2v) is 3.48. The minimum Gasteiger partial charge on any atom is -0.486 e. The van der Waals surface area contributed by atoms with Gasteiger partial charge in [0.25, 0.3) is 6.43 Å². The molecule has 0 spiro atoms. The van der Waals surface area contributed by atoms with Crippen LogP contribution in [0.4, 0.5) is 8.78 Å². The molecular formula is C13H14F2O2. The Labute approximate surface area is 99.2 Å². The maximum Gasteiger partial charge on any atom is 0.272 e. The molecule has 0 heterocycles. The van der Waals surface area contributed by atoms with Gasteiger partial charge in [-0.25, -0.2) is 8.78 Å². The molecule has 0 saturated carbocycles. The van der Waals surface area contributed by atoms with Crippen molar-refractivity contribution in [3.8, 4) is 17.6 Å². The van der Waals surface area contributed by atoms with Crippen LogP contribution in [-0.2, 0) is 0 Å². The quantitative estimate of drug-likeness (QED) is 0.819. The van der Waals surface area contributed by atoms with E-state index in [0.29, 0.717) is 17.7 Å². The van der Waals surface area contributed by atoms with Crippen LogP contribution in [-0.4, -0.2) is 24.7 Å². The van der Waals surface area contributed by atoms with Crippen molar-refractivity contribution >= 4 is 0 Å². The van der Waals surface area contributed by atoms with Crippen molar-refractivity contribution in [3.63, 3.8) is 0 Å². The standard InChI is InChI=1S/C13H14F2O2/c1-10-5-6-12(17-9-13(14)15)11(8-10)4-2-3-7-16/h5-6,8,13,16H,3,7,9H2,1H3. The van der Waals surface area contributed by atoms with E-state index in [1.54, 1.807) is 18.2 Å². The highest BCUT2D eigenvalue weighted by molar-refractivity contribution is 5.48. The topological polar surface area (TPSA) is 29.5 Å². The molecule has 1 aromatic rings. The Kier molecular flexibility index (Phi) is 5.44. The maximum atomic E-state index is 12.0. The minimum atomic E-state index is -2.51. The Morgan fingerprint density at radius 3 is 2.82 bits per heavy atom. The molecule has 0 saturated heterocycles. The van der Waals surface area contributed by atoms with E-state index in [4.69, 9.17) is 9.84 Å². The molecule has 0 aliphatic rings. The number of aliphatic hydroxyl groups excluding tert-OH is 1. The van der Waals surface area contributed by atoms with Gasteiger partial charge in [0.15, 0.2) is 0 Å². The summed E-state index contributed by atoms with van der Waals surface area (Å²) in [7, 11) is 0. The van der Waals surface area contributed by atoms with Crippen LogP contribution in [0.5, 0.6) is 5.75 Å². The van der Waals surface area contributed by atoms with Gasteiger partial charge in [-0.15, -0.1) is 0 Å². The summed E-state index contributed by atoms with van der Waals surface area (Å²) in [6.45, 7) is 1.22. The van der Waals surface area contributed by atoms with Crippen molar-refractivity contribution in [2.45, 2.75) is 19.8 Å². The molecule has 0 aliphatic carbocycles. The van der Waals surface area contributed by atoms with Crippen LogP contribution in [0.1, 0.15) is 17.5 Å². The number of alkyl halides is 2. The van der Waals surface area contributed by atoms with Crippen LogP contribution in [0.3, 0.4) is 0 Å². The van der Waals surface area contributed by atoms with Gasteiger partial charge in [0.05, 0.1) is 12.2 Å². The number of aliphatic hydroxyl groups is 1. The van der Waals surface area contributed by atoms with Gasteiger partial charge in [-0.2, -0.15) is 0 Å². The van der Waals surface area contributed by atoms with E-state index < -0.39 is 13.0 Å². The highest BCUT2D eigenvalue weighted by atomic mass is 19.3. The maximum absolute atomic E-state index is 12.0. The molecule has 0 aliphatic heterocycles. The molecule has 0 radical (unpaired) electrons. The van der Waals surface area contributed by atoms with Crippen LogP contribution < -0.4 is 4.74 Å². The van der Waals surface area contributed by atoms with E-state index in [-0.39, 0.29) is 6.61 Å². The SMILES string of the molecule is Cc1ccc(OCC(F)F)c(C#CCCO)c1. The largest absolute Gasteiger partial charge is 0.486 e. The summed E-state index contributed by atoms with van der Waals surface area (Å²) in [5.74, 6) is 5.89. The number of benzene rings is 1. The number of ether oxygens (including phenoxy) is 1. The zero-order valence-corrected chi connectivity index (χ0v) is 9.54. The van der Waals surface area contributed by atoms with Crippen molar-refractivity contribution in [2.24, 2.45) is 0 Å². The third kappa shape index (κ3) is 4.83. The van der Waals surface area contributed by atoms with Gasteiger partial charge in [0.1, 0.15) is 12.4 Å². The summed E-state index contributed by atoms with van der Waals surface area (Å²) in [6.07, 6.45) is -2.16. The lowest BCUT2D eigenvalue weighted by Gasteiger charge is -2.08. The number of rotatable bonds is 4. The molecule has 0 aromatic heterocycles. The lowest BCUT2D eigenvalue weighted by atomic mass is 10.1. The van der Waals surface area contributed by atoms with E-state index in [1.807, 2.05) is 6.92 Å². The van der Waals surface area contributed by atoms with Gasteiger partial charge in [-0.3, -0.25) is 0 Å². The predicted octanol–water partition coefficient (Wildman–Crippen LogP) is 2.37. The molecule has 1 aromatic carbocycles. The first-order valence-electron chi connectivity index (χ1n) is 5.25. The third-order valence-corrected chi connectivity index (χ3v) is 1.96. The lowest BCUT2D eigenvalue weighted by molar-refractivity contribution is 0.0818. The summed E-state index contributed by atoms with van der Waals surface area (Å²) >= 11 is 0. The Bertz CT molecular complexity index is 419. The fourth-order valence-electron chi connectivity index (χ4n) is 1.23. The molecule has 0 atom stereocenters. The molecule has 17 heavy (non-hydrogen) atoms. The monoisotopic (exact) mass is 240 g/mol. The molecule has 0 amide bonds. The van der Waals surface area contributed by atoms with Gasteiger partial charge in [-0.05, 0) is 24.6 Å². The highest BCUT2D eigenvalue weighted by Crippen LogP contribution is 2.19. The molecule has 1 N–H and O–H groups in total. The van der Waals surface area contributed by atoms with Crippen molar-refractivity contribution in [3.05, 3.63) is 29.3 Å². The summed E-state index contributed by atoms with van der Waals surface area (Å²) in [4.78, 5) is 0. The number of aryl methyl sites for hydroxylation is 1. The Morgan fingerprint density at radius 1 is 1.41 bits per heavy atom. The van der Waals surface area contributed by atoms with Gasteiger partial charge in [-0.1, -0.05) is 17.9 Å². The molecule has 92 valence electrons. The molecule has 1 rings (SSSR count). The van der Waals surface area contributed by atoms with Crippen molar-refractivity contribution in [1.82, 2.24) is 0 Å². The first kappa shape index (κ1) is 13.5. The molecule has 2 nitrogen and oxygen atoms in total. The molecule has 0 fully saturated rings. The van der Waals surface area contributed by atoms with E-state index in [2.05, 4.69) is 11.8 Å². The second kappa shape index (κ2) is 6.87. The van der Waals surface area contributed by atoms with E-state index in [0.717, 1.165) is 5.56 Å². The van der Waals surface area contributed by atoms with Crippen molar-refractivity contribution < 1.29 is 18.6 Å². The summed E-state index contributed by atoms with van der Waals surface area (Å²) in [5, 5.41) is 8.61. The average molecular weight is 240 g/mol. The van der Waals surface area contributed by atoms with E-state index in [9.17, 15) is 8.78 Å². The Morgan fingerprint density at radius 2 is 2.18 bits per heavy atom. The van der Waals surface area contributed by atoms with Crippen molar-refractivity contribution in [1.29, 1.82) is 0 Å².